The minimum atomic E-state index is 0. The molecule has 1 aliphatic heterocycles. The van der Waals surface area contributed by atoms with Gasteiger partial charge in [0, 0.05) is 5.02 Å². The molecule has 0 atom stereocenters. The lowest BCUT2D eigenvalue weighted by Crippen LogP contribution is -2.34. The van der Waals surface area contributed by atoms with Crippen LogP contribution in [-0.2, 0) is 0 Å². The first-order valence-corrected chi connectivity index (χ1v) is 5.77. The van der Waals surface area contributed by atoms with Gasteiger partial charge in [0.25, 0.3) is 0 Å². The number of rotatable bonds is 2. The van der Waals surface area contributed by atoms with Crippen molar-refractivity contribution >= 4 is 24.0 Å². The number of aryl methyl sites for hydroxylation is 1. The normalized spacial score (nSPS) is 16.6. The van der Waals surface area contributed by atoms with Gasteiger partial charge in [0.1, 0.15) is 11.9 Å². The van der Waals surface area contributed by atoms with Crippen molar-refractivity contribution in [2.24, 2.45) is 0 Å². The Morgan fingerprint density at radius 1 is 1.31 bits per heavy atom. The highest BCUT2D eigenvalue weighted by molar-refractivity contribution is 6.31. The summed E-state index contributed by atoms with van der Waals surface area (Å²) in [5.74, 6) is 0.934. The first kappa shape index (κ1) is 13.6. The number of halogens is 2. The fourth-order valence-electron chi connectivity index (χ4n) is 1.80. The Morgan fingerprint density at radius 3 is 2.62 bits per heavy atom. The molecule has 0 radical (unpaired) electrons. The third-order valence-corrected chi connectivity index (χ3v) is 3.14. The Labute approximate surface area is 108 Å². The van der Waals surface area contributed by atoms with Gasteiger partial charge < -0.3 is 10.1 Å². The highest BCUT2D eigenvalue weighted by Gasteiger charge is 2.14. The minimum Gasteiger partial charge on any atom is -0.490 e. The second-order valence-corrected chi connectivity index (χ2v) is 4.39. The lowest BCUT2D eigenvalue weighted by Gasteiger charge is -2.24. The fraction of sp³-hybridized carbons (Fsp3) is 0.500. The molecule has 0 amide bonds. The van der Waals surface area contributed by atoms with Gasteiger partial charge in [0.2, 0.25) is 0 Å². The second kappa shape index (κ2) is 6.33. The predicted molar refractivity (Wildman–Crippen MR) is 70.0 cm³/mol. The van der Waals surface area contributed by atoms with Crippen LogP contribution in [0.3, 0.4) is 0 Å². The fourth-order valence-corrected chi connectivity index (χ4v) is 1.91. The van der Waals surface area contributed by atoms with Crippen LogP contribution in [0.5, 0.6) is 5.75 Å². The summed E-state index contributed by atoms with van der Waals surface area (Å²) in [6.07, 6.45) is 2.52. The van der Waals surface area contributed by atoms with Crippen molar-refractivity contribution in [3.63, 3.8) is 0 Å². The van der Waals surface area contributed by atoms with E-state index in [-0.39, 0.29) is 12.4 Å². The molecule has 4 heteroatoms. The third kappa shape index (κ3) is 3.55. The van der Waals surface area contributed by atoms with Crippen LogP contribution in [0.25, 0.3) is 0 Å². The molecule has 16 heavy (non-hydrogen) atoms. The molecule has 0 unspecified atom stereocenters. The quantitative estimate of drug-likeness (QED) is 0.883. The summed E-state index contributed by atoms with van der Waals surface area (Å²) in [4.78, 5) is 0. The molecule has 2 nitrogen and oxygen atoms in total. The molecule has 0 saturated carbocycles. The SMILES string of the molecule is Cc1cc(OC2CCNCC2)ccc1Cl.Cl. The first-order valence-electron chi connectivity index (χ1n) is 5.39. The topological polar surface area (TPSA) is 21.3 Å². The van der Waals surface area contributed by atoms with Gasteiger partial charge in [0.15, 0.2) is 0 Å². The number of hydrogen-bond donors (Lipinski definition) is 1. The number of benzene rings is 1. The average molecular weight is 262 g/mol. The van der Waals surface area contributed by atoms with Crippen molar-refractivity contribution in [1.82, 2.24) is 5.32 Å². The Morgan fingerprint density at radius 2 is 2.00 bits per heavy atom. The van der Waals surface area contributed by atoms with E-state index in [1.54, 1.807) is 0 Å². The largest absolute Gasteiger partial charge is 0.490 e. The van der Waals surface area contributed by atoms with Crippen LogP contribution >= 0.6 is 24.0 Å². The molecule has 1 fully saturated rings. The molecule has 0 spiro atoms. The first-order chi connectivity index (χ1) is 7.25. The summed E-state index contributed by atoms with van der Waals surface area (Å²) < 4.78 is 5.89. The average Bonchev–Trinajstić information content (AvgIpc) is 2.25. The van der Waals surface area contributed by atoms with Crippen LogP contribution < -0.4 is 10.1 Å². The maximum Gasteiger partial charge on any atom is 0.120 e. The van der Waals surface area contributed by atoms with E-state index in [4.69, 9.17) is 16.3 Å². The maximum absolute atomic E-state index is 5.96. The zero-order valence-corrected chi connectivity index (χ0v) is 10.9. The standard InChI is InChI=1S/C12H16ClNO.ClH/c1-9-8-11(2-3-12(9)13)15-10-4-6-14-7-5-10;/h2-3,8,10,14H,4-7H2,1H3;1H. The molecule has 0 aliphatic carbocycles. The van der Waals surface area contributed by atoms with E-state index in [1.165, 1.54) is 0 Å². The van der Waals surface area contributed by atoms with Gasteiger partial charge in [-0.1, -0.05) is 11.6 Å². The molecule has 0 aromatic heterocycles. The van der Waals surface area contributed by atoms with Gasteiger partial charge in [-0.15, -0.1) is 12.4 Å². The summed E-state index contributed by atoms with van der Waals surface area (Å²) >= 11 is 5.96. The Hall–Kier alpha value is -0.440. The predicted octanol–water partition coefficient (Wildman–Crippen LogP) is 3.20. The van der Waals surface area contributed by atoms with E-state index in [0.717, 1.165) is 42.3 Å². The van der Waals surface area contributed by atoms with Gasteiger partial charge in [-0.05, 0) is 56.6 Å². The highest BCUT2D eigenvalue weighted by Crippen LogP contribution is 2.23. The maximum atomic E-state index is 5.96. The number of nitrogens with one attached hydrogen (secondary N) is 1. The third-order valence-electron chi connectivity index (χ3n) is 2.72. The highest BCUT2D eigenvalue weighted by atomic mass is 35.5. The van der Waals surface area contributed by atoms with E-state index in [0.29, 0.717) is 6.10 Å². The molecule has 0 bridgehead atoms. The van der Waals surface area contributed by atoms with E-state index >= 15 is 0 Å². The van der Waals surface area contributed by atoms with Gasteiger partial charge >= 0.3 is 0 Å². The van der Waals surface area contributed by atoms with E-state index in [2.05, 4.69) is 5.32 Å². The Kier molecular flexibility index (Phi) is 5.39. The van der Waals surface area contributed by atoms with Gasteiger partial charge in [-0.25, -0.2) is 0 Å². The van der Waals surface area contributed by atoms with Gasteiger partial charge in [-0.2, -0.15) is 0 Å². The number of piperidine rings is 1. The van der Waals surface area contributed by atoms with Crippen molar-refractivity contribution in [2.45, 2.75) is 25.9 Å². The van der Waals surface area contributed by atoms with Gasteiger partial charge in [0.05, 0.1) is 0 Å². The zero-order valence-electron chi connectivity index (χ0n) is 9.33. The molecular formula is C12H17Cl2NO. The summed E-state index contributed by atoms with van der Waals surface area (Å²) in [6.45, 7) is 4.10. The second-order valence-electron chi connectivity index (χ2n) is 3.98. The molecule has 1 N–H and O–H groups in total. The molecule has 1 aromatic rings. The number of ether oxygens (including phenoxy) is 1. The zero-order chi connectivity index (χ0) is 10.7. The van der Waals surface area contributed by atoms with E-state index < -0.39 is 0 Å². The van der Waals surface area contributed by atoms with Crippen LogP contribution in [0.4, 0.5) is 0 Å². The van der Waals surface area contributed by atoms with E-state index in [1.807, 2.05) is 25.1 Å². The van der Waals surface area contributed by atoms with Crippen molar-refractivity contribution < 1.29 is 4.74 Å². The molecule has 1 saturated heterocycles. The van der Waals surface area contributed by atoms with Crippen LogP contribution in [-0.4, -0.2) is 19.2 Å². The molecular weight excluding hydrogens is 245 g/mol. The van der Waals surface area contributed by atoms with Crippen LogP contribution in [0.1, 0.15) is 18.4 Å². The number of hydrogen-bond acceptors (Lipinski definition) is 2. The lowest BCUT2D eigenvalue weighted by atomic mass is 10.1. The molecule has 90 valence electrons. The van der Waals surface area contributed by atoms with Crippen LogP contribution in [0.2, 0.25) is 5.02 Å². The Balaban J connectivity index is 0.00000128. The van der Waals surface area contributed by atoms with Crippen LogP contribution in [0, 0.1) is 6.92 Å². The summed E-state index contributed by atoms with van der Waals surface area (Å²) in [7, 11) is 0. The van der Waals surface area contributed by atoms with Crippen LogP contribution in [0.15, 0.2) is 18.2 Å². The molecule has 1 heterocycles. The van der Waals surface area contributed by atoms with Crippen molar-refractivity contribution in [2.75, 3.05) is 13.1 Å². The van der Waals surface area contributed by atoms with Crippen molar-refractivity contribution in [3.05, 3.63) is 28.8 Å². The Bertz CT molecular complexity index is 338. The van der Waals surface area contributed by atoms with Gasteiger partial charge in [-0.3, -0.25) is 0 Å². The summed E-state index contributed by atoms with van der Waals surface area (Å²) in [6, 6.07) is 5.84. The minimum absolute atomic E-state index is 0. The lowest BCUT2D eigenvalue weighted by molar-refractivity contribution is 0.162. The monoisotopic (exact) mass is 261 g/mol. The molecule has 1 aliphatic rings. The van der Waals surface area contributed by atoms with Crippen molar-refractivity contribution in [3.8, 4) is 5.75 Å². The van der Waals surface area contributed by atoms with Crippen molar-refractivity contribution in [1.29, 1.82) is 0 Å². The summed E-state index contributed by atoms with van der Waals surface area (Å²) in [5.41, 5.74) is 1.07. The van der Waals surface area contributed by atoms with E-state index in [9.17, 15) is 0 Å². The molecule has 2 rings (SSSR count). The smallest absolute Gasteiger partial charge is 0.120 e. The molecule has 1 aromatic carbocycles. The summed E-state index contributed by atoms with van der Waals surface area (Å²) in [5, 5.41) is 4.12.